The van der Waals surface area contributed by atoms with E-state index in [-0.39, 0.29) is 11.9 Å². The van der Waals surface area contributed by atoms with Gasteiger partial charge in [0.2, 0.25) is 0 Å². The van der Waals surface area contributed by atoms with Crippen molar-refractivity contribution in [3.05, 3.63) is 29.6 Å². The first kappa shape index (κ1) is 16.9. The molecule has 0 aliphatic heterocycles. The molecule has 1 N–H and O–H groups in total. The van der Waals surface area contributed by atoms with E-state index in [2.05, 4.69) is 19.2 Å². The maximum absolute atomic E-state index is 13.9. The largest absolute Gasteiger partial charge is 0.496 e. The molecular weight excluding hydrogens is 257 g/mol. The van der Waals surface area contributed by atoms with E-state index < -0.39 is 0 Å². The van der Waals surface area contributed by atoms with E-state index in [1.54, 1.807) is 19.2 Å². The van der Waals surface area contributed by atoms with Crippen molar-refractivity contribution >= 4 is 0 Å². The van der Waals surface area contributed by atoms with Crippen LogP contribution in [0.5, 0.6) is 5.75 Å². The van der Waals surface area contributed by atoms with E-state index in [0.29, 0.717) is 17.2 Å². The summed E-state index contributed by atoms with van der Waals surface area (Å²) in [6.07, 6.45) is 0.911. The Morgan fingerprint density at radius 2 is 2.00 bits per heavy atom. The van der Waals surface area contributed by atoms with Crippen molar-refractivity contribution < 1.29 is 13.9 Å². The number of nitrogens with one attached hydrogen (secondary N) is 1. The molecule has 1 unspecified atom stereocenters. The average molecular weight is 283 g/mol. The summed E-state index contributed by atoms with van der Waals surface area (Å²) in [4.78, 5) is 0. The molecule has 1 aromatic rings. The fraction of sp³-hybridized carbons (Fsp3) is 0.625. The molecule has 1 atom stereocenters. The summed E-state index contributed by atoms with van der Waals surface area (Å²) < 4.78 is 24.6. The normalized spacial score (nSPS) is 12.7. The molecule has 0 spiro atoms. The summed E-state index contributed by atoms with van der Waals surface area (Å²) in [5.41, 5.74) is 0.582. The molecule has 0 radical (unpaired) electrons. The van der Waals surface area contributed by atoms with Gasteiger partial charge in [-0.05, 0) is 37.9 Å². The molecular formula is C16H26FNO2. The Bertz CT molecular complexity index is 396. The van der Waals surface area contributed by atoms with Gasteiger partial charge < -0.3 is 14.8 Å². The van der Waals surface area contributed by atoms with Crippen LogP contribution < -0.4 is 10.1 Å². The summed E-state index contributed by atoms with van der Waals surface area (Å²) in [5, 5.41) is 3.30. The zero-order chi connectivity index (χ0) is 15.0. The number of rotatable bonds is 9. The van der Waals surface area contributed by atoms with Crippen molar-refractivity contribution in [1.29, 1.82) is 0 Å². The van der Waals surface area contributed by atoms with Gasteiger partial charge in [0.05, 0.1) is 7.11 Å². The topological polar surface area (TPSA) is 30.5 Å². The highest BCUT2D eigenvalue weighted by atomic mass is 19.1. The maximum atomic E-state index is 13.9. The van der Waals surface area contributed by atoms with Crippen molar-refractivity contribution in [2.45, 2.75) is 33.2 Å². The van der Waals surface area contributed by atoms with Crippen LogP contribution in [-0.2, 0) is 4.74 Å². The smallest absolute Gasteiger partial charge is 0.131 e. The van der Waals surface area contributed by atoms with E-state index in [4.69, 9.17) is 9.47 Å². The lowest BCUT2D eigenvalue weighted by Crippen LogP contribution is -2.22. The van der Waals surface area contributed by atoms with Crippen LogP contribution in [0.2, 0.25) is 0 Å². The lowest BCUT2D eigenvalue weighted by molar-refractivity contribution is 0.107. The molecule has 4 heteroatoms. The van der Waals surface area contributed by atoms with Gasteiger partial charge in [0.15, 0.2) is 0 Å². The molecule has 0 heterocycles. The van der Waals surface area contributed by atoms with Crippen molar-refractivity contribution in [2.24, 2.45) is 5.92 Å². The van der Waals surface area contributed by atoms with Gasteiger partial charge in [0.25, 0.3) is 0 Å². The van der Waals surface area contributed by atoms with Gasteiger partial charge in [-0.2, -0.15) is 0 Å². The summed E-state index contributed by atoms with van der Waals surface area (Å²) in [7, 11) is 1.56. The van der Waals surface area contributed by atoms with E-state index in [0.717, 1.165) is 26.2 Å². The van der Waals surface area contributed by atoms with Crippen LogP contribution in [-0.4, -0.2) is 26.9 Å². The zero-order valence-electron chi connectivity index (χ0n) is 12.9. The molecule has 0 aromatic heterocycles. The Morgan fingerprint density at radius 3 is 2.65 bits per heavy atom. The number of benzene rings is 1. The first-order valence-corrected chi connectivity index (χ1v) is 7.19. The second-order valence-electron chi connectivity index (χ2n) is 5.35. The summed E-state index contributed by atoms with van der Waals surface area (Å²) in [5.74, 6) is 0.908. The Hall–Kier alpha value is -1.13. The van der Waals surface area contributed by atoms with Crippen molar-refractivity contribution in [1.82, 2.24) is 5.32 Å². The Balaban J connectivity index is 2.38. The highest BCUT2D eigenvalue weighted by molar-refractivity contribution is 5.36. The molecule has 20 heavy (non-hydrogen) atoms. The van der Waals surface area contributed by atoms with Crippen LogP contribution in [0.3, 0.4) is 0 Å². The van der Waals surface area contributed by atoms with Gasteiger partial charge in [-0.1, -0.05) is 19.9 Å². The quantitative estimate of drug-likeness (QED) is 0.703. The molecule has 0 aliphatic carbocycles. The predicted molar refractivity (Wildman–Crippen MR) is 79.6 cm³/mol. The Morgan fingerprint density at radius 1 is 1.25 bits per heavy atom. The van der Waals surface area contributed by atoms with Gasteiger partial charge in [-0.3, -0.25) is 0 Å². The van der Waals surface area contributed by atoms with Crippen LogP contribution in [0.4, 0.5) is 4.39 Å². The van der Waals surface area contributed by atoms with Crippen LogP contribution in [0, 0.1) is 11.7 Å². The molecule has 0 fully saturated rings. The van der Waals surface area contributed by atoms with Crippen LogP contribution >= 0.6 is 0 Å². The molecule has 0 aliphatic rings. The molecule has 3 nitrogen and oxygen atoms in total. The molecule has 1 rings (SSSR count). The number of halogens is 1. The third-order valence-electron chi connectivity index (χ3n) is 3.03. The van der Waals surface area contributed by atoms with Gasteiger partial charge in [0, 0.05) is 24.8 Å². The number of methoxy groups -OCH3 is 1. The predicted octanol–water partition coefficient (Wildman–Crippen LogP) is 3.55. The van der Waals surface area contributed by atoms with E-state index in [9.17, 15) is 4.39 Å². The lowest BCUT2D eigenvalue weighted by Gasteiger charge is -2.18. The second kappa shape index (κ2) is 8.93. The second-order valence-corrected chi connectivity index (χ2v) is 5.35. The average Bonchev–Trinajstić information content (AvgIpc) is 2.41. The fourth-order valence-electron chi connectivity index (χ4n) is 2.03. The molecule has 1 aromatic carbocycles. The minimum Gasteiger partial charge on any atom is -0.496 e. The zero-order valence-corrected chi connectivity index (χ0v) is 12.9. The molecule has 114 valence electrons. The van der Waals surface area contributed by atoms with Crippen LogP contribution in [0.25, 0.3) is 0 Å². The highest BCUT2D eigenvalue weighted by Crippen LogP contribution is 2.27. The third-order valence-corrected chi connectivity index (χ3v) is 3.03. The van der Waals surface area contributed by atoms with Crippen LogP contribution in [0.15, 0.2) is 18.2 Å². The molecule has 0 saturated carbocycles. The Kier molecular flexibility index (Phi) is 7.55. The van der Waals surface area contributed by atoms with Crippen molar-refractivity contribution in [2.75, 3.05) is 26.9 Å². The van der Waals surface area contributed by atoms with Crippen molar-refractivity contribution in [3.8, 4) is 5.75 Å². The van der Waals surface area contributed by atoms with E-state index in [1.165, 1.54) is 6.07 Å². The number of ether oxygens (including phenoxy) is 2. The summed E-state index contributed by atoms with van der Waals surface area (Å²) >= 11 is 0. The minimum atomic E-state index is -0.236. The first-order valence-electron chi connectivity index (χ1n) is 7.19. The lowest BCUT2D eigenvalue weighted by atomic mass is 10.1. The van der Waals surface area contributed by atoms with Gasteiger partial charge in [-0.15, -0.1) is 0 Å². The Labute approximate surface area is 121 Å². The number of hydrogen-bond donors (Lipinski definition) is 1. The molecule has 0 saturated heterocycles. The summed E-state index contributed by atoms with van der Waals surface area (Å²) in [6, 6.07) is 4.81. The standard InChI is InChI=1S/C16H26FNO2/c1-12(2)11-20-10-6-9-18-13(3)16-14(17)7-5-8-15(16)19-4/h5,7-8,12-13,18H,6,9-11H2,1-4H3. The molecule has 0 bridgehead atoms. The maximum Gasteiger partial charge on any atom is 0.131 e. The third kappa shape index (κ3) is 5.47. The summed E-state index contributed by atoms with van der Waals surface area (Å²) in [6.45, 7) is 8.51. The van der Waals surface area contributed by atoms with E-state index >= 15 is 0 Å². The SMILES string of the molecule is COc1cccc(F)c1C(C)NCCCOCC(C)C. The monoisotopic (exact) mass is 283 g/mol. The fourth-order valence-corrected chi connectivity index (χ4v) is 2.03. The van der Waals surface area contributed by atoms with Crippen LogP contribution in [0.1, 0.15) is 38.8 Å². The first-order chi connectivity index (χ1) is 9.56. The highest BCUT2D eigenvalue weighted by Gasteiger charge is 2.15. The van der Waals surface area contributed by atoms with Crippen molar-refractivity contribution in [3.63, 3.8) is 0 Å². The van der Waals surface area contributed by atoms with Gasteiger partial charge in [-0.25, -0.2) is 4.39 Å². The van der Waals surface area contributed by atoms with Gasteiger partial charge >= 0.3 is 0 Å². The van der Waals surface area contributed by atoms with Gasteiger partial charge in [0.1, 0.15) is 11.6 Å². The minimum absolute atomic E-state index is 0.0868. The number of hydrogen-bond acceptors (Lipinski definition) is 3. The molecule has 0 amide bonds. The van der Waals surface area contributed by atoms with E-state index in [1.807, 2.05) is 6.92 Å².